The van der Waals surface area contributed by atoms with Crippen LogP contribution in [0.25, 0.3) is 11.2 Å². The number of imidazole rings is 1. The molecule has 0 unspecified atom stereocenters. The van der Waals surface area contributed by atoms with Gasteiger partial charge in [0.2, 0.25) is 0 Å². The van der Waals surface area contributed by atoms with E-state index in [1.807, 2.05) is 0 Å². The van der Waals surface area contributed by atoms with Crippen LogP contribution in [0.2, 0.25) is 10.0 Å². The number of carbonyl (C=O) groups is 1. The predicted octanol–water partition coefficient (Wildman–Crippen LogP) is 1.60. The molecule has 0 saturated carbocycles. The van der Waals surface area contributed by atoms with E-state index < -0.39 is 17.2 Å². The molecule has 0 N–H and O–H groups in total. The molecular formula is C16H14Cl2N4O4. The number of hydrogen-bond acceptors (Lipinski definition) is 5. The van der Waals surface area contributed by atoms with Crippen molar-refractivity contribution in [2.24, 2.45) is 14.1 Å². The second-order valence-electron chi connectivity index (χ2n) is 5.55. The number of rotatable bonds is 4. The molecule has 8 nitrogen and oxygen atoms in total. The quantitative estimate of drug-likeness (QED) is 0.624. The maximum absolute atomic E-state index is 12.3. The monoisotopic (exact) mass is 396 g/mol. The summed E-state index contributed by atoms with van der Waals surface area (Å²) < 4.78 is 9.01. The molecule has 10 heteroatoms. The molecule has 0 radical (unpaired) electrons. The van der Waals surface area contributed by atoms with Crippen molar-refractivity contribution in [1.82, 2.24) is 18.7 Å². The maximum atomic E-state index is 12.3. The van der Waals surface area contributed by atoms with Gasteiger partial charge < -0.3 is 9.30 Å². The van der Waals surface area contributed by atoms with Crippen molar-refractivity contribution in [2.75, 3.05) is 6.61 Å². The Balaban J connectivity index is 1.82. The van der Waals surface area contributed by atoms with Crippen molar-refractivity contribution in [3.05, 3.63) is 61.0 Å². The third kappa shape index (κ3) is 3.02. The summed E-state index contributed by atoms with van der Waals surface area (Å²) in [6, 6.07) is 4.70. The first kappa shape index (κ1) is 18.2. The van der Waals surface area contributed by atoms with Crippen LogP contribution in [0.4, 0.5) is 0 Å². The first-order valence-electron chi connectivity index (χ1n) is 7.55. The molecule has 0 amide bonds. The smallest absolute Gasteiger partial charge is 0.341 e. The second-order valence-corrected chi connectivity index (χ2v) is 6.36. The van der Waals surface area contributed by atoms with E-state index in [0.717, 1.165) is 4.57 Å². The minimum Gasteiger partial charge on any atom is -0.460 e. The lowest BCUT2D eigenvalue weighted by atomic mass is 10.2. The van der Waals surface area contributed by atoms with Gasteiger partial charge in [0.25, 0.3) is 5.56 Å². The van der Waals surface area contributed by atoms with Crippen molar-refractivity contribution in [1.29, 1.82) is 0 Å². The van der Waals surface area contributed by atoms with Crippen molar-refractivity contribution >= 4 is 40.3 Å². The maximum Gasteiger partial charge on any atom is 0.341 e. The first-order chi connectivity index (χ1) is 12.3. The molecule has 0 spiro atoms. The molecule has 3 rings (SSSR count). The molecule has 0 saturated heterocycles. The number of benzene rings is 1. The fraction of sp³-hybridized carbons (Fsp3) is 0.250. The summed E-state index contributed by atoms with van der Waals surface area (Å²) in [7, 11) is 2.92. The SMILES string of the molecule is Cn1c(=O)c2c(ncn2CCOC(=O)c2c(Cl)cccc2Cl)n(C)c1=O. The minimum absolute atomic E-state index is 0.0299. The summed E-state index contributed by atoms with van der Waals surface area (Å²) in [5.41, 5.74) is -0.335. The zero-order valence-corrected chi connectivity index (χ0v) is 15.4. The average molecular weight is 397 g/mol. The summed E-state index contributed by atoms with van der Waals surface area (Å²) in [5.74, 6) is -0.662. The van der Waals surface area contributed by atoms with Gasteiger partial charge in [-0.2, -0.15) is 0 Å². The normalized spacial score (nSPS) is 11.1. The van der Waals surface area contributed by atoms with Gasteiger partial charge in [-0.25, -0.2) is 14.6 Å². The molecular weight excluding hydrogens is 383 g/mol. The molecule has 0 aliphatic heterocycles. The van der Waals surface area contributed by atoms with Gasteiger partial charge in [0.05, 0.1) is 28.5 Å². The number of halogens is 2. The number of aryl methyl sites for hydroxylation is 1. The van der Waals surface area contributed by atoms with E-state index in [0.29, 0.717) is 0 Å². The summed E-state index contributed by atoms with van der Waals surface area (Å²) >= 11 is 11.9. The molecule has 3 aromatic rings. The van der Waals surface area contributed by atoms with Gasteiger partial charge in [0.1, 0.15) is 6.61 Å². The van der Waals surface area contributed by atoms with Crippen LogP contribution in [0.1, 0.15) is 10.4 Å². The average Bonchev–Trinajstić information content (AvgIpc) is 3.02. The Morgan fingerprint density at radius 1 is 1.15 bits per heavy atom. The van der Waals surface area contributed by atoms with Crippen LogP contribution in [-0.2, 0) is 25.4 Å². The Hall–Kier alpha value is -2.58. The van der Waals surface area contributed by atoms with Crippen LogP contribution >= 0.6 is 23.2 Å². The van der Waals surface area contributed by atoms with Gasteiger partial charge >= 0.3 is 11.7 Å². The molecule has 0 bridgehead atoms. The summed E-state index contributed by atoms with van der Waals surface area (Å²) in [6.45, 7) is 0.148. The molecule has 2 heterocycles. The fourth-order valence-electron chi connectivity index (χ4n) is 2.57. The van der Waals surface area contributed by atoms with E-state index in [-0.39, 0.29) is 39.9 Å². The number of aromatic nitrogens is 4. The predicted molar refractivity (Wildman–Crippen MR) is 97.0 cm³/mol. The molecule has 0 aliphatic carbocycles. The minimum atomic E-state index is -0.662. The van der Waals surface area contributed by atoms with Crippen molar-refractivity contribution in [3.63, 3.8) is 0 Å². The van der Waals surface area contributed by atoms with Gasteiger partial charge in [-0.3, -0.25) is 13.9 Å². The number of fused-ring (bicyclic) bond motifs is 1. The van der Waals surface area contributed by atoms with E-state index in [1.54, 1.807) is 6.07 Å². The van der Waals surface area contributed by atoms with Gasteiger partial charge in [-0.15, -0.1) is 0 Å². The van der Waals surface area contributed by atoms with Crippen LogP contribution in [0.15, 0.2) is 34.1 Å². The second kappa shape index (κ2) is 6.97. The summed E-state index contributed by atoms with van der Waals surface area (Å²) in [6.07, 6.45) is 1.42. The van der Waals surface area contributed by atoms with Crippen LogP contribution in [-0.4, -0.2) is 31.3 Å². The Labute approximate surface area is 157 Å². The molecule has 0 fully saturated rings. The van der Waals surface area contributed by atoms with Gasteiger partial charge in [-0.05, 0) is 12.1 Å². The topological polar surface area (TPSA) is 88.1 Å². The van der Waals surface area contributed by atoms with Crippen molar-refractivity contribution < 1.29 is 9.53 Å². The van der Waals surface area contributed by atoms with E-state index in [1.165, 1.54) is 41.7 Å². The summed E-state index contributed by atoms with van der Waals surface area (Å²) in [4.78, 5) is 40.5. The highest BCUT2D eigenvalue weighted by Gasteiger charge is 2.17. The molecule has 2 aromatic heterocycles. The van der Waals surface area contributed by atoms with Gasteiger partial charge in [-0.1, -0.05) is 29.3 Å². The molecule has 1 aromatic carbocycles. The van der Waals surface area contributed by atoms with Gasteiger partial charge in [0, 0.05) is 14.1 Å². The molecule has 26 heavy (non-hydrogen) atoms. The number of ether oxygens (including phenoxy) is 1. The van der Waals surface area contributed by atoms with Crippen LogP contribution in [0.3, 0.4) is 0 Å². The van der Waals surface area contributed by atoms with Crippen LogP contribution < -0.4 is 11.2 Å². The van der Waals surface area contributed by atoms with Gasteiger partial charge in [0.15, 0.2) is 11.2 Å². The first-order valence-corrected chi connectivity index (χ1v) is 8.30. The summed E-state index contributed by atoms with van der Waals surface area (Å²) in [5, 5.41) is 0.388. The fourth-order valence-corrected chi connectivity index (χ4v) is 3.12. The Bertz CT molecular complexity index is 1110. The lowest BCUT2D eigenvalue weighted by Crippen LogP contribution is -2.37. The van der Waals surface area contributed by atoms with E-state index in [4.69, 9.17) is 27.9 Å². The highest BCUT2D eigenvalue weighted by atomic mass is 35.5. The third-order valence-electron chi connectivity index (χ3n) is 3.95. The highest BCUT2D eigenvalue weighted by molar-refractivity contribution is 6.39. The van der Waals surface area contributed by atoms with Crippen LogP contribution in [0, 0.1) is 0 Å². The zero-order chi connectivity index (χ0) is 19.0. The van der Waals surface area contributed by atoms with Crippen molar-refractivity contribution in [3.8, 4) is 0 Å². The lowest BCUT2D eigenvalue weighted by molar-refractivity contribution is 0.0493. The number of carbonyl (C=O) groups excluding carboxylic acids is 1. The highest BCUT2D eigenvalue weighted by Crippen LogP contribution is 2.24. The Kier molecular flexibility index (Phi) is 4.88. The molecule has 0 aliphatic rings. The molecule has 136 valence electrons. The zero-order valence-electron chi connectivity index (χ0n) is 13.9. The Morgan fingerprint density at radius 3 is 2.46 bits per heavy atom. The standard InChI is InChI=1S/C16H14Cl2N4O4/c1-20-13-12(14(23)21(2)16(20)25)22(8-19-13)6-7-26-15(24)11-9(17)4-3-5-10(11)18/h3-5,8H,6-7H2,1-2H3. The lowest BCUT2D eigenvalue weighted by Gasteiger charge is -2.09. The van der Waals surface area contributed by atoms with E-state index in [9.17, 15) is 14.4 Å². The number of nitrogens with zero attached hydrogens (tertiary/aromatic N) is 4. The Morgan fingerprint density at radius 2 is 1.81 bits per heavy atom. The van der Waals surface area contributed by atoms with E-state index in [2.05, 4.69) is 4.98 Å². The third-order valence-corrected chi connectivity index (χ3v) is 4.58. The molecule has 0 atom stereocenters. The largest absolute Gasteiger partial charge is 0.460 e. The van der Waals surface area contributed by atoms with Crippen molar-refractivity contribution in [2.45, 2.75) is 6.54 Å². The number of hydrogen-bond donors (Lipinski definition) is 0. The number of esters is 1. The van der Waals surface area contributed by atoms with Crippen LogP contribution in [0.5, 0.6) is 0 Å². The van der Waals surface area contributed by atoms with E-state index >= 15 is 0 Å².